The van der Waals surface area contributed by atoms with Crippen LogP contribution < -0.4 is 0 Å². The third-order valence-corrected chi connectivity index (χ3v) is 2.04. The molecule has 0 radical (unpaired) electrons. The Kier molecular flexibility index (Phi) is 9.95. The van der Waals surface area contributed by atoms with Gasteiger partial charge in [0.2, 0.25) is 0 Å². The number of ketones is 1. The second kappa shape index (κ2) is 10.6. The van der Waals surface area contributed by atoms with Gasteiger partial charge in [-0.15, -0.1) is 0 Å². The highest BCUT2D eigenvalue weighted by Gasteiger charge is 2.04. The first-order valence-electron chi connectivity index (χ1n) is 5.47. The van der Waals surface area contributed by atoms with E-state index in [1.165, 1.54) is 0 Å². The van der Waals surface area contributed by atoms with E-state index in [9.17, 15) is 9.59 Å². The lowest BCUT2D eigenvalue weighted by Crippen LogP contribution is -2.05. The van der Waals surface area contributed by atoms with E-state index in [-0.39, 0.29) is 18.6 Å². The lowest BCUT2D eigenvalue weighted by atomic mass is 10.1. The minimum Gasteiger partial charge on any atom is -0.481 e. The van der Waals surface area contributed by atoms with E-state index in [1.54, 1.807) is 7.11 Å². The number of methoxy groups -OCH3 is 1. The molecular weight excluding hydrogens is 212 g/mol. The average molecular weight is 232 g/mol. The Balaban J connectivity index is 3.18. The first kappa shape index (κ1) is 15.1. The van der Waals surface area contributed by atoms with Crippen LogP contribution in [-0.4, -0.2) is 43.8 Å². The fraction of sp³-hybridized carbons (Fsp3) is 0.818. The Labute approximate surface area is 95.7 Å². The predicted molar refractivity (Wildman–Crippen MR) is 58.4 cm³/mol. The van der Waals surface area contributed by atoms with Crippen molar-refractivity contribution in [2.45, 2.75) is 32.1 Å². The highest BCUT2D eigenvalue weighted by Crippen LogP contribution is 2.02. The number of rotatable bonds is 11. The number of Topliss-reactive ketones (excluding diaryl/α,β-unsaturated/α-hetero) is 1. The minimum absolute atomic E-state index is 0.0132. The van der Waals surface area contributed by atoms with Crippen LogP contribution in [0.5, 0.6) is 0 Å². The topological polar surface area (TPSA) is 72.8 Å². The maximum Gasteiger partial charge on any atom is 0.303 e. The van der Waals surface area contributed by atoms with Crippen LogP contribution in [0.4, 0.5) is 0 Å². The standard InChI is InChI=1S/C11H20O5/c1-15-8-9-16-7-3-2-4-10(12)5-6-11(13)14/h2-9H2,1H3,(H,13,14). The Morgan fingerprint density at radius 3 is 2.38 bits per heavy atom. The molecule has 5 nitrogen and oxygen atoms in total. The van der Waals surface area contributed by atoms with Crippen molar-refractivity contribution in [3.63, 3.8) is 0 Å². The van der Waals surface area contributed by atoms with Gasteiger partial charge in [-0.3, -0.25) is 9.59 Å². The molecule has 0 heterocycles. The van der Waals surface area contributed by atoms with Crippen LogP contribution in [0.25, 0.3) is 0 Å². The SMILES string of the molecule is COCCOCCCCC(=O)CCC(=O)O. The number of ether oxygens (including phenoxy) is 2. The number of unbranched alkanes of at least 4 members (excludes halogenated alkanes) is 1. The highest BCUT2D eigenvalue weighted by atomic mass is 16.5. The summed E-state index contributed by atoms with van der Waals surface area (Å²) in [5.74, 6) is -0.907. The van der Waals surface area contributed by atoms with Crippen molar-refractivity contribution in [3.8, 4) is 0 Å². The summed E-state index contributed by atoms with van der Waals surface area (Å²) in [6, 6.07) is 0. The van der Waals surface area contributed by atoms with E-state index in [2.05, 4.69) is 0 Å². The molecule has 0 fully saturated rings. The van der Waals surface area contributed by atoms with Crippen LogP contribution in [0.1, 0.15) is 32.1 Å². The third kappa shape index (κ3) is 11.1. The normalized spacial score (nSPS) is 10.3. The average Bonchev–Trinajstić information content (AvgIpc) is 2.25. The van der Waals surface area contributed by atoms with Gasteiger partial charge in [0, 0.05) is 26.6 Å². The van der Waals surface area contributed by atoms with E-state index in [4.69, 9.17) is 14.6 Å². The summed E-state index contributed by atoms with van der Waals surface area (Å²) in [5.41, 5.74) is 0. The largest absolute Gasteiger partial charge is 0.481 e. The fourth-order valence-electron chi connectivity index (χ4n) is 1.14. The summed E-state index contributed by atoms with van der Waals surface area (Å²) in [4.78, 5) is 21.4. The lowest BCUT2D eigenvalue weighted by molar-refractivity contribution is -0.138. The summed E-state index contributed by atoms with van der Waals surface area (Å²) >= 11 is 0. The van der Waals surface area contributed by atoms with Gasteiger partial charge in [-0.05, 0) is 12.8 Å². The molecule has 0 aromatic heterocycles. The third-order valence-electron chi connectivity index (χ3n) is 2.04. The van der Waals surface area contributed by atoms with Crippen LogP contribution in [0, 0.1) is 0 Å². The number of carbonyl (C=O) groups excluding carboxylic acids is 1. The van der Waals surface area contributed by atoms with Crippen molar-refractivity contribution in [1.29, 1.82) is 0 Å². The van der Waals surface area contributed by atoms with Crippen molar-refractivity contribution in [2.75, 3.05) is 26.9 Å². The number of hydrogen-bond acceptors (Lipinski definition) is 4. The lowest BCUT2D eigenvalue weighted by Gasteiger charge is -2.03. The number of hydrogen-bond donors (Lipinski definition) is 1. The second-order valence-corrected chi connectivity index (χ2v) is 3.49. The zero-order valence-electron chi connectivity index (χ0n) is 9.74. The molecule has 0 saturated heterocycles. The number of carboxylic acid groups (broad SMARTS) is 1. The van der Waals surface area contributed by atoms with Gasteiger partial charge in [-0.2, -0.15) is 0 Å². The molecule has 0 atom stereocenters. The van der Waals surface area contributed by atoms with Gasteiger partial charge in [0.25, 0.3) is 0 Å². The first-order valence-corrected chi connectivity index (χ1v) is 5.47. The molecule has 0 aliphatic rings. The maximum absolute atomic E-state index is 11.2. The molecule has 0 aromatic rings. The predicted octanol–water partition coefficient (Wildman–Crippen LogP) is 1.25. The monoisotopic (exact) mass is 232 g/mol. The van der Waals surface area contributed by atoms with Gasteiger partial charge >= 0.3 is 5.97 Å². The van der Waals surface area contributed by atoms with E-state index < -0.39 is 5.97 Å². The van der Waals surface area contributed by atoms with Crippen LogP contribution in [0.2, 0.25) is 0 Å². The van der Waals surface area contributed by atoms with E-state index in [0.29, 0.717) is 26.2 Å². The molecule has 0 rings (SSSR count). The molecule has 0 aromatic carbocycles. The molecule has 16 heavy (non-hydrogen) atoms. The van der Waals surface area contributed by atoms with E-state index >= 15 is 0 Å². The van der Waals surface area contributed by atoms with Gasteiger partial charge in [0.1, 0.15) is 5.78 Å². The molecule has 0 bridgehead atoms. The van der Waals surface area contributed by atoms with Gasteiger partial charge in [0.15, 0.2) is 0 Å². The number of carboxylic acids is 1. The zero-order chi connectivity index (χ0) is 12.2. The van der Waals surface area contributed by atoms with Gasteiger partial charge in [-0.25, -0.2) is 0 Å². The van der Waals surface area contributed by atoms with Crippen molar-refractivity contribution in [2.24, 2.45) is 0 Å². The van der Waals surface area contributed by atoms with Crippen LogP contribution in [0.3, 0.4) is 0 Å². The minimum atomic E-state index is -0.920. The molecule has 94 valence electrons. The molecule has 0 amide bonds. The van der Waals surface area contributed by atoms with Crippen molar-refractivity contribution >= 4 is 11.8 Å². The Morgan fingerprint density at radius 2 is 1.75 bits per heavy atom. The summed E-state index contributed by atoms with van der Waals surface area (Å²) in [6.07, 6.45) is 2.10. The Hall–Kier alpha value is -0.940. The van der Waals surface area contributed by atoms with Crippen LogP contribution in [-0.2, 0) is 19.1 Å². The molecule has 5 heteroatoms. The van der Waals surface area contributed by atoms with Gasteiger partial charge < -0.3 is 14.6 Å². The number of aliphatic carboxylic acids is 1. The maximum atomic E-state index is 11.2. The fourth-order valence-corrected chi connectivity index (χ4v) is 1.14. The van der Waals surface area contributed by atoms with Crippen LogP contribution in [0.15, 0.2) is 0 Å². The van der Waals surface area contributed by atoms with E-state index in [0.717, 1.165) is 12.8 Å². The highest BCUT2D eigenvalue weighted by molar-refractivity contribution is 5.82. The molecule has 0 aliphatic heterocycles. The van der Waals surface area contributed by atoms with Crippen LogP contribution >= 0.6 is 0 Å². The Morgan fingerprint density at radius 1 is 1.00 bits per heavy atom. The first-order chi connectivity index (χ1) is 7.66. The summed E-state index contributed by atoms with van der Waals surface area (Å²) < 4.78 is 10.0. The molecule has 0 saturated carbocycles. The van der Waals surface area contributed by atoms with Gasteiger partial charge in [-0.1, -0.05) is 0 Å². The van der Waals surface area contributed by atoms with Crippen molar-refractivity contribution in [3.05, 3.63) is 0 Å². The summed E-state index contributed by atoms with van der Waals surface area (Å²) in [7, 11) is 1.62. The molecule has 0 spiro atoms. The molecule has 0 aliphatic carbocycles. The Bertz CT molecular complexity index is 203. The number of carbonyl (C=O) groups is 2. The summed E-state index contributed by atoms with van der Waals surface area (Å²) in [5, 5.41) is 8.37. The summed E-state index contributed by atoms with van der Waals surface area (Å²) in [6.45, 7) is 1.77. The van der Waals surface area contributed by atoms with Crippen molar-refractivity contribution in [1.82, 2.24) is 0 Å². The molecule has 1 N–H and O–H groups in total. The quantitative estimate of drug-likeness (QED) is 0.543. The second-order valence-electron chi connectivity index (χ2n) is 3.49. The zero-order valence-corrected chi connectivity index (χ0v) is 9.74. The molecule has 0 unspecified atom stereocenters. The van der Waals surface area contributed by atoms with E-state index in [1.807, 2.05) is 0 Å². The smallest absolute Gasteiger partial charge is 0.303 e. The van der Waals surface area contributed by atoms with Gasteiger partial charge in [0.05, 0.1) is 19.6 Å². The molecular formula is C11H20O5. The van der Waals surface area contributed by atoms with Crippen molar-refractivity contribution < 1.29 is 24.2 Å².